The van der Waals surface area contributed by atoms with E-state index in [0.29, 0.717) is 6.54 Å². The number of carbonyl (C=O) groups is 1. The summed E-state index contributed by atoms with van der Waals surface area (Å²) in [6, 6.07) is 0. The Morgan fingerprint density at radius 3 is 2.80 bits per heavy atom. The normalized spacial score (nSPS) is 17.1. The molecule has 1 aliphatic heterocycles. The van der Waals surface area contributed by atoms with Crippen molar-refractivity contribution in [1.82, 2.24) is 30.5 Å². The number of carbonyl (C=O) groups excluding carboxylic acids is 1. The maximum atomic E-state index is 12.3. The third-order valence-electron chi connectivity index (χ3n) is 3.78. The molecule has 7 heteroatoms. The van der Waals surface area contributed by atoms with E-state index in [1.807, 2.05) is 20.0 Å². The van der Waals surface area contributed by atoms with Gasteiger partial charge in [0, 0.05) is 45.5 Å². The summed E-state index contributed by atoms with van der Waals surface area (Å²) in [6.07, 6.45) is 4.34. The van der Waals surface area contributed by atoms with Gasteiger partial charge in [0.05, 0.1) is 11.7 Å². The molecule has 2 N–H and O–H groups in total. The van der Waals surface area contributed by atoms with Crippen LogP contribution in [0, 0.1) is 0 Å². The maximum Gasteiger partial charge on any atom is 0.239 e. The van der Waals surface area contributed by atoms with E-state index in [1.165, 1.54) is 0 Å². The summed E-state index contributed by atoms with van der Waals surface area (Å²) in [7, 11) is 0. The Hall–Kier alpha value is -1.47. The van der Waals surface area contributed by atoms with Crippen LogP contribution in [-0.2, 0) is 11.3 Å². The lowest BCUT2D eigenvalue weighted by Gasteiger charge is -2.39. The summed E-state index contributed by atoms with van der Waals surface area (Å²) in [5.41, 5.74) is -0.449. The molecule has 2 rings (SSSR count). The number of nitrogens with one attached hydrogen (secondary N) is 2. The molecule has 112 valence electrons. The van der Waals surface area contributed by atoms with Gasteiger partial charge in [0.2, 0.25) is 5.91 Å². The summed E-state index contributed by atoms with van der Waals surface area (Å²) in [6.45, 7) is 9.14. The average Bonchev–Trinajstić information content (AvgIpc) is 2.97. The molecule has 0 saturated carbocycles. The zero-order valence-electron chi connectivity index (χ0n) is 12.3. The molecule has 0 aliphatic carbocycles. The molecule has 0 bridgehead atoms. The largest absolute Gasteiger partial charge is 0.354 e. The van der Waals surface area contributed by atoms with Crippen molar-refractivity contribution < 1.29 is 4.79 Å². The number of aryl methyl sites for hydroxylation is 1. The molecule has 1 saturated heterocycles. The lowest BCUT2D eigenvalue weighted by molar-refractivity contribution is -0.132. The first-order chi connectivity index (χ1) is 9.60. The standard InChI is InChI=1S/C13H24N6O/c1-13(2,18-9-5-14-6-10-18)12(20)15-4-3-8-19-11-7-16-17-19/h7,11,14H,3-6,8-10H2,1-2H3,(H,15,20). The molecule has 1 aromatic rings. The number of nitrogens with zero attached hydrogens (tertiary/aromatic N) is 4. The Kier molecular flexibility index (Phi) is 5.08. The second kappa shape index (κ2) is 6.81. The first-order valence-corrected chi connectivity index (χ1v) is 7.19. The number of hydrogen-bond acceptors (Lipinski definition) is 5. The first kappa shape index (κ1) is 14.9. The third-order valence-corrected chi connectivity index (χ3v) is 3.78. The minimum atomic E-state index is -0.449. The van der Waals surface area contributed by atoms with Gasteiger partial charge in [-0.2, -0.15) is 0 Å². The number of aromatic nitrogens is 3. The van der Waals surface area contributed by atoms with Crippen LogP contribution >= 0.6 is 0 Å². The van der Waals surface area contributed by atoms with E-state index in [4.69, 9.17) is 0 Å². The molecule has 0 unspecified atom stereocenters. The van der Waals surface area contributed by atoms with Crippen molar-refractivity contribution in [3.63, 3.8) is 0 Å². The monoisotopic (exact) mass is 280 g/mol. The van der Waals surface area contributed by atoms with Crippen LogP contribution in [0.3, 0.4) is 0 Å². The third kappa shape index (κ3) is 3.77. The van der Waals surface area contributed by atoms with Gasteiger partial charge >= 0.3 is 0 Å². The smallest absolute Gasteiger partial charge is 0.239 e. The van der Waals surface area contributed by atoms with Crippen LogP contribution in [0.15, 0.2) is 12.4 Å². The van der Waals surface area contributed by atoms with Crippen molar-refractivity contribution in [2.75, 3.05) is 32.7 Å². The molecular weight excluding hydrogens is 256 g/mol. The SMILES string of the molecule is CC(C)(C(=O)NCCCn1ccnn1)N1CCNCC1. The molecule has 2 heterocycles. The Labute approximate surface area is 119 Å². The van der Waals surface area contributed by atoms with Crippen LogP contribution in [0.2, 0.25) is 0 Å². The molecule has 7 nitrogen and oxygen atoms in total. The van der Waals surface area contributed by atoms with Crippen LogP contribution in [-0.4, -0.2) is 64.1 Å². The summed E-state index contributed by atoms with van der Waals surface area (Å²) in [5, 5.41) is 14.0. The summed E-state index contributed by atoms with van der Waals surface area (Å²) in [5.74, 6) is 0.0954. The van der Waals surface area contributed by atoms with Crippen LogP contribution in [0.5, 0.6) is 0 Å². The number of amides is 1. The molecule has 1 aliphatic rings. The second-order valence-corrected chi connectivity index (χ2v) is 5.57. The van der Waals surface area contributed by atoms with Gasteiger partial charge in [0.15, 0.2) is 0 Å². The summed E-state index contributed by atoms with van der Waals surface area (Å²) >= 11 is 0. The Morgan fingerprint density at radius 2 is 2.15 bits per heavy atom. The highest BCUT2D eigenvalue weighted by molar-refractivity contribution is 5.85. The van der Waals surface area contributed by atoms with Crippen LogP contribution in [0.25, 0.3) is 0 Å². The van der Waals surface area contributed by atoms with E-state index in [-0.39, 0.29) is 5.91 Å². The highest BCUT2D eigenvalue weighted by atomic mass is 16.2. The fraction of sp³-hybridized carbons (Fsp3) is 0.769. The fourth-order valence-electron chi connectivity index (χ4n) is 2.38. The molecule has 0 radical (unpaired) electrons. The Morgan fingerprint density at radius 1 is 1.40 bits per heavy atom. The van der Waals surface area contributed by atoms with E-state index in [1.54, 1.807) is 10.9 Å². The van der Waals surface area contributed by atoms with Crippen molar-refractivity contribution in [1.29, 1.82) is 0 Å². The van der Waals surface area contributed by atoms with E-state index in [2.05, 4.69) is 25.8 Å². The van der Waals surface area contributed by atoms with Crippen molar-refractivity contribution in [3.8, 4) is 0 Å². The average molecular weight is 280 g/mol. The van der Waals surface area contributed by atoms with Crippen molar-refractivity contribution in [2.45, 2.75) is 32.4 Å². The van der Waals surface area contributed by atoms with Gasteiger partial charge in [-0.25, -0.2) is 0 Å². The molecule has 20 heavy (non-hydrogen) atoms. The number of piperazine rings is 1. The van der Waals surface area contributed by atoms with Crippen molar-refractivity contribution >= 4 is 5.91 Å². The van der Waals surface area contributed by atoms with Crippen LogP contribution < -0.4 is 10.6 Å². The van der Waals surface area contributed by atoms with Gasteiger partial charge in [-0.1, -0.05) is 5.21 Å². The zero-order chi connectivity index (χ0) is 14.4. The van der Waals surface area contributed by atoms with Crippen molar-refractivity contribution in [2.24, 2.45) is 0 Å². The van der Waals surface area contributed by atoms with Crippen LogP contribution in [0.1, 0.15) is 20.3 Å². The van der Waals surface area contributed by atoms with Gasteiger partial charge in [0.25, 0.3) is 0 Å². The summed E-state index contributed by atoms with van der Waals surface area (Å²) < 4.78 is 1.77. The van der Waals surface area contributed by atoms with E-state index in [9.17, 15) is 4.79 Å². The molecule has 1 fully saturated rings. The lowest BCUT2D eigenvalue weighted by atomic mass is 10.0. The molecule has 1 amide bonds. The van der Waals surface area contributed by atoms with Gasteiger partial charge in [-0.05, 0) is 20.3 Å². The van der Waals surface area contributed by atoms with Gasteiger partial charge in [-0.15, -0.1) is 5.10 Å². The first-order valence-electron chi connectivity index (χ1n) is 7.19. The lowest BCUT2D eigenvalue weighted by Crippen LogP contribution is -2.60. The predicted octanol–water partition coefficient (Wildman–Crippen LogP) is -0.532. The molecule has 0 spiro atoms. The topological polar surface area (TPSA) is 75.1 Å². The second-order valence-electron chi connectivity index (χ2n) is 5.57. The van der Waals surface area contributed by atoms with E-state index < -0.39 is 5.54 Å². The Bertz CT molecular complexity index is 411. The highest BCUT2D eigenvalue weighted by Gasteiger charge is 2.34. The number of rotatable bonds is 6. The van der Waals surface area contributed by atoms with Gasteiger partial charge in [-0.3, -0.25) is 14.4 Å². The van der Waals surface area contributed by atoms with E-state index in [0.717, 1.165) is 39.1 Å². The van der Waals surface area contributed by atoms with Gasteiger partial charge in [0.1, 0.15) is 0 Å². The molecule has 1 aromatic heterocycles. The quantitative estimate of drug-likeness (QED) is 0.685. The maximum absolute atomic E-state index is 12.3. The van der Waals surface area contributed by atoms with E-state index >= 15 is 0 Å². The minimum Gasteiger partial charge on any atom is -0.354 e. The molecular formula is C13H24N6O. The Balaban J connectivity index is 1.72. The zero-order valence-corrected chi connectivity index (χ0v) is 12.3. The highest BCUT2D eigenvalue weighted by Crippen LogP contribution is 2.15. The molecule has 0 aromatic carbocycles. The van der Waals surface area contributed by atoms with Crippen LogP contribution in [0.4, 0.5) is 0 Å². The van der Waals surface area contributed by atoms with Crippen molar-refractivity contribution in [3.05, 3.63) is 12.4 Å². The minimum absolute atomic E-state index is 0.0954. The van der Waals surface area contributed by atoms with Gasteiger partial charge < -0.3 is 10.6 Å². The predicted molar refractivity (Wildman–Crippen MR) is 76.2 cm³/mol. The molecule has 0 atom stereocenters. The summed E-state index contributed by atoms with van der Waals surface area (Å²) in [4.78, 5) is 14.5. The fourth-order valence-corrected chi connectivity index (χ4v) is 2.38. The number of hydrogen-bond donors (Lipinski definition) is 2.